The number of nitrogens with one attached hydrogen (secondary N) is 1. The van der Waals surface area contributed by atoms with Gasteiger partial charge in [0.1, 0.15) is 0 Å². The van der Waals surface area contributed by atoms with Gasteiger partial charge in [0.05, 0.1) is 15.7 Å². The van der Waals surface area contributed by atoms with Gasteiger partial charge in [0, 0.05) is 30.9 Å². The first-order valence-electron chi connectivity index (χ1n) is 10.1. The highest BCUT2D eigenvalue weighted by Gasteiger charge is 2.35. The van der Waals surface area contributed by atoms with Crippen molar-refractivity contribution >= 4 is 27.3 Å². The van der Waals surface area contributed by atoms with Crippen LogP contribution in [0.2, 0.25) is 0 Å². The normalized spacial score (nSPS) is 21.5. The van der Waals surface area contributed by atoms with Gasteiger partial charge in [0.2, 0.25) is 27.6 Å². The molecular formula is C19H26N4O4S2. The molecule has 0 bridgehead atoms. The molecule has 158 valence electrons. The van der Waals surface area contributed by atoms with E-state index in [0.29, 0.717) is 34.4 Å². The molecule has 2 aromatic rings. The third-order valence-electron chi connectivity index (χ3n) is 5.69. The van der Waals surface area contributed by atoms with Gasteiger partial charge in [-0.3, -0.25) is 4.79 Å². The van der Waals surface area contributed by atoms with Gasteiger partial charge < -0.3 is 9.84 Å². The average Bonchev–Trinajstić information content (AvgIpc) is 3.43. The number of hydrogen-bond acceptors (Lipinski definition) is 7. The van der Waals surface area contributed by atoms with Gasteiger partial charge in [0.25, 0.3) is 0 Å². The molecule has 4 rings (SSSR count). The van der Waals surface area contributed by atoms with Crippen LogP contribution in [0.25, 0.3) is 10.7 Å². The van der Waals surface area contributed by atoms with Crippen LogP contribution in [-0.2, 0) is 14.8 Å². The molecule has 0 radical (unpaired) electrons. The lowest BCUT2D eigenvalue weighted by Gasteiger charge is -2.31. The van der Waals surface area contributed by atoms with Crippen LogP contribution in [0.5, 0.6) is 0 Å². The van der Waals surface area contributed by atoms with Crippen LogP contribution in [0.4, 0.5) is 0 Å². The van der Waals surface area contributed by atoms with E-state index in [4.69, 9.17) is 4.52 Å². The highest BCUT2D eigenvalue weighted by atomic mass is 32.2. The number of thiophene rings is 1. The first kappa shape index (κ1) is 20.5. The van der Waals surface area contributed by atoms with Gasteiger partial charge in [-0.1, -0.05) is 18.0 Å². The van der Waals surface area contributed by atoms with Crippen LogP contribution >= 0.6 is 11.3 Å². The molecule has 2 aromatic heterocycles. The van der Waals surface area contributed by atoms with Crippen LogP contribution in [0, 0.1) is 19.8 Å². The van der Waals surface area contributed by atoms with Crippen molar-refractivity contribution in [3.8, 4) is 10.7 Å². The van der Waals surface area contributed by atoms with Gasteiger partial charge in [-0.05, 0) is 38.7 Å². The molecule has 3 heterocycles. The Hall–Kier alpha value is -1.78. The molecule has 1 N–H and O–H groups in total. The molecule has 1 atom stereocenters. The lowest BCUT2D eigenvalue weighted by molar-refractivity contribution is -0.126. The van der Waals surface area contributed by atoms with Gasteiger partial charge >= 0.3 is 0 Å². The smallest absolute Gasteiger partial charge is 0.244 e. The molecular weight excluding hydrogens is 412 g/mol. The first-order valence-corrected chi connectivity index (χ1v) is 12.3. The second-order valence-corrected chi connectivity index (χ2v) is 11.0. The predicted molar refractivity (Wildman–Crippen MR) is 109 cm³/mol. The van der Waals surface area contributed by atoms with Crippen molar-refractivity contribution in [1.29, 1.82) is 0 Å². The standard InChI is InChI=1S/C19H26N4O4S2/c1-12-17(10-16(28-12)18-20-13(2)27-22-18)29(25,26)23-9-5-6-14(11-23)19(24)21-15-7-3-4-8-15/h10,14-15H,3-9,11H2,1-2H3,(H,21,24)/t14-/m1/s1. The van der Waals surface area contributed by atoms with Crippen LogP contribution in [-0.4, -0.2) is 47.9 Å². The second-order valence-electron chi connectivity index (χ2n) is 7.86. The number of sulfonamides is 1. The minimum Gasteiger partial charge on any atom is -0.353 e. The van der Waals surface area contributed by atoms with E-state index in [0.717, 1.165) is 32.1 Å². The average molecular weight is 439 g/mol. The fourth-order valence-corrected chi connectivity index (χ4v) is 7.14. The molecule has 1 aliphatic carbocycles. The molecule has 10 heteroatoms. The van der Waals surface area contributed by atoms with Crippen molar-refractivity contribution in [2.75, 3.05) is 13.1 Å². The van der Waals surface area contributed by atoms with Crippen molar-refractivity contribution in [2.45, 2.75) is 63.3 Å². The summed E-state index contributed by atoms with van der Waals surface area (Å²) >= 11 is 1.33. The molecule has 0 aromatic carbocycles. The fourth-order valence-electron chi connectivity index (χ4n) is 4.13. The molecule has 1 aliphatic heterocycles. The Morgan fingerprint density at radius 1 is 1.24 bits per heavy atom. The third kappa shape index (κ3) is 4.24. The summed E-state index contributed by atoms with van der Waals surface area (Å²) in [6.07, 6.45) is 5.74. The summed E-state index contributed by atoms with van der Waals surface area (Å²) in [5, 5.41) is 7.00. The summed E-state index contributed by atoms with van der Waals surface area (Å²) in [5.41, 5.74) is 0. The Kier molecular flexibility index (Phi) is 5.76. The Bertz CT molecular complexity index is 992. The topological polar surface area (TPSA) is 105 Å². The minimum absolute atomic E-state index is 0.0122. The monoisotopic (exact) mass is 438 g/mol. The molecule has 2 aliphatic rings. The molecule has 0 unspecified atom stereocenters. The van der Waals surface area contributed by atoms with E-state index in [1.54, 1.807) is 19.9 Å². The Labute approximate surface area is 174 Å². The maximum Gasteiger partial charge on any atom is 0.244 e. The van der Waals surface area contributed by atoms with Gasteiger partial charge in [0.15, 0.2) is 0 Å². The molecule has 1 saturated heterocycles. The number of carbonyl (C=O) groups excluding carboxylic acids is 1. The van der Waals surface area contributed by atoms with Crippen molar-refractivity contribution in [3.05, 3.63) is 16.8 Å². The number of carbonyl (C=O) groups is 1. The molecule has 2 fully saturated rings. The zero-order valence-electron chi connectivity index (χ0n) is 16.7. The summed E-state index contributed by atoms with van der Waals surface area (Å²) in [6, 6.07) is 1.86. The Morgan fingerprint density at radius 3 is 2.69 bits per heavy atom. The van der Waals surface area contributed by atoms with E-state index < -0.39 is 10.0 Å². The summed E-state index contributed by atoms with van der Waals surface area (Å²) in [5.74, 6) is 0.520. The summed E-state index contributed by atoms with van der Waals surface area (Å²) < 4.78 is 33.1. The first-order chi connectivity index (χ1) is 13.8. The molecule has 29 heavy (non-hydrogen) atoms. The van der Waals surface area contributed by atoms with E-state index in [1.165, 1.54) is 15.6 Å². The highest BCUT2D eigenvalue weighted by molar-refractivity contribution is 7.89. The summed E-state index contributed by atoms with van der Waals surface area (Å²) in [7, 11) is -3.69. The van der Waals surface area contributed by atoms with E-state index >= 15 is 0 Å². The van der Waals surface area contributed by atoms with Gasteiger partial charge in [-0.2, -0.15) is 9.29 Å². The lowest BCUT2D eigenvalue weighted by atomic mass is 9.98. The quantitative estimate of drug-likeness (QED) is 0.769. The van der Waals surface area contributed by atoms with Crippen molar-refractivity contribution in [3.63, 3.8) is 0 Å². The van der Waals surface area contributed by atoms with Crippen LogP contribution in [0.3, 0.4) is 0 Å². The number of hydrogen-bond donors (Lipinski definition) is 1. The minimum atomic E-state index is -3.69. The van der Waals surface area contributed by atoms with E-state index in [1.807, 2.05) is 0 Å². The molecule has 8 nitrogen and oxygen atoms in total. The summed E-state index contributed by atoms with van der Waals surface area (Å²) in [4.78, 5) is 18.4. The number of amides is 1. The van der Waals surface area contributed by atoms with E-state index in [-0.39, 0.29) is 29.3 Å². The Morgan fingerprint density at radius 2 is 2.00 bits per heavy atom. The van der Waals surface area contributed by atoms with Crippen molar-refractivity contribution < 1.29 is 17.7 Å². The van der Waals surface area contributed by atoms with E-state index in [9.17, 15) is 13.2 Å². The van der Waals surface area contributed by atoms with E-state index in [2.05, 4.69) is 15.5 Å². The second kappa shape index (κ2) is 8.16. The maximum atomic E-state index is 13.3. The number of rotatable bonds is 5. The lowest BCUT2D eigenvalue weighted by Crippen LogP contribution is -2.47. The van der Waals surface area contributed by atoms with Crippen molar-refractivity contribution in [1.82, 2.24) is 19.8 Å². The number of nitrogens with zero attached hydrogens (tertiary/aromatic N) is 3. The highest BCUT2D eigenvalue weighted by Crippen LogP contribution is 2.35. The van der Waals surface area contributed by atoms with Gasteiger partial charge in [-0.25, -0.2) is 8.42 Å². The number of aryl methyl sites for hydroxylation is 2. The van der Waals surface area contributed by atoms with Gasteiger partial charge in [-0.15, -0.1) is 11.3 Å². The molecule has 1 saturated carbocycles. The van der Waals surface area contributed by atoms with Crippen molar-refractivity contribution in [2.24, 2.45) is 5.92 Å². The van der Waals surface area contributed by atoms with Crippen LogP contribution < -0.4 is 5.32 Å². The third-order valence-corrected chi connectivity index (χ3v) is 8.86. The SMILES string of the molecule is Cc1nc(-c2cc(S(=O)(=O)N3CCC[C@@H](C(=O)NC4CCCC4)C3)c(C)s2)no1. The maximum absolute atomic E-state index is 13.3. The number of aromatic nitrogens is 2. The number of piperidine rings is 1. The molecule has 1 amide bonds. The van der Waals surface area contributed by atoms with Crippen LogP contribution in [0.15, 0.2) is 15.5 Å². The Balaban J connectivity index is 1.51. The fraction of sp³-hybridized carbons (Fsp3) is 0.632. The summed E-state index contributed by atoms with van der Waals surface area (Å²) in [6.45, 7) is 4.13. The molecule has 0 spiro atoms. The zero-order valence-corrected chi connectivity index (χ0v) is 18.3. The largest absolute Gasteiger partial charge is 0.353 e. The predicted octanol–water partition coefficient (Wildman–Crippen LogP) is 2.87. The zero-order chi connectivity index (χ0) is 20.6. The van der Waals surface area contributed by atoms with Crippen LogP contribution in [0.1, 0.15) is 49.3 Å².